The van der Waals surface area contributed by atoms with Crippen molar-refractivity contribution >= 4 is 35.3 Å². The second kappa shape index (κ2) is 17.7. The average molecular weight is 802 g/mol. The number of alkyl carbamates (subject to hydrolysis) is 1. The van der Waals surface area contributed by atoms with Gasteiger partial charge in [0.1, 0.15) is 34.6 Å². The third-order valence-corrected chi connectivity index (χ3v) is 11.1. The number of nitrogens with zero attached hydrogens (tertiary/aromatic N) is 3. The molecule has 8 rings (SSSR count). The first-order valence-electron chi connectivity index (χ1n) is 18.5. The van der Waals surface area contributed by atoms with Crippen molar-refractivity contribution in [3.8, 4) is 17.2 Å². The molecule has 0 radical (unpaired) electrons. The third kappa shape index (κ3) is 9.04. The molecule has 2 aromatic heterocycles. The van der Waals surface area contributed by atoms with Crippen LogP contribution in [0.2, 0.25) is 10.0 Å². The van der Waals surface area contributed by atoms with E-state index in [0.29, 0.717) is 50.0 Å². The zero-order valence-corrected chi connectivity index (χ0v) is 32.9. The lowest BCUT2D eigenvalue weighted by molar-refractivity contribution is -0.377. The molecular weight excluding hydrogens is 757 g/mol. The lowest BCUT2D eigenvalue weighted by atomic mass is 9.86. The van der Waals surface area contributed by atoms with Crippen molar-refractivity contribution in [2.24, 2.45) is 13.0 Å². The first-order chi connectivity index (χ1) is 27.2. The van der Waals surface area contributed by atoms with Gasteiger partial charge in [-0.25, -0.2) is 14.6 Å². The zero-order chi connectivity index (χ0) is 39.2. The molecule has 3 fully saturated rings. The van der Waals surface area contributed by atoms with Crippen LogP contribution >= 0.6 is 23.2 Å². The maximum absolute atomic E-state index is 13.7. The van der Waals surface area contributed by atoms with E-state index in [1.165, 1.54) is 7.11 Å². The molecule has 2 N–H and O–H groups in total. The van der Waals surface area contributed by atoms with Crippen molar-refractivity contribution in [2.75, 3.05) is 33.9 Å². The Morgan fingerprint density at radius 3 is 2.32 bits per heavy atom. The van der Waals surface area contributed by atoms with E-state index in [0.717, 1.165) is 43.6 Å². The largest absolute Gasteiger partial charge is 0.493 e. The highest BCUT2D eigenvalue weighted by atomic mass is 35.5. The van der Waals surface area contributed by atoms with Crippen molar-refractivity contribution in [2.45, 2.75) is 44.1 Å². The van der Waals surface area contributed by atoms with E-state index in [9.17, 15) is 9.59 Å². The van der Waals surface area contributed by atoms with Gasteiger partial charge >= 0.3 is 12.1 Å². The van der Waals surface area contributed by atoms with Crippen molar-refractivity contribution in [3.05, 3.63) is 135 Å². The zero-order valence-electron chi connectivity index (χ0n) is 31.4. The summed E-state index contributed by atoms with van der Waals surface area (Å²) in [6.07, 6.45) is 4.16. The number of rotatable bonds is 14. The molecule has 1 amide bonds. The molecule has 3 saturated heterocycles. The predicted molar refractivity (Wildman–Crippen MR) is 209 cm³/mol. The molecule has 0 unspecified atom stereocenters. The van der Waals surface area contributed by atoms with Gasteiger partial charge in [-0.3, -0.25) is 9.58 Å². The molecule has 3 atom stereocenters. The number of nitrogens with one attached hydrogen (secondary N) is 2. The highest BCUT2D eigenvalue weighted by Crippen LogP contribution is 2.36. The Balaban J connectivity index is 1.05. The molecule has 3 aliphatic heterocycles. The molecule has 5 aromatic rings. The Hall–Kier alpha value is -5.30. The van der Waals surface area contributed by atoms with E-state index in [-0.39, 0.29) is 24.8 Å². The maximum Gasteiger partial charge on any atom is 0.408 e. The summed E-state index contributed by atoms with van der Waals surface area (Å²) in [6, 6.07) is 23.8. The Labute approximate surface area is 335 Å². The molecule has 5 heterocycles. The van der Waals surface area contributed by atoms with Crippen LogP contribution in [0.25, 0.3) is 0 Å². The lowest BCUT2D eigenvalue weighted by Gasteiger charge is -2.43. The third-order valence-electron chi connectivity index (χ3n) is 10.4. The van der Waals surface area contributed by atoms with Crippen LogP contribution in [-0.2, 0) is 29.5 Å². The minimum Gasteiger partial charge on any atom is -0.493 e. The first-order valence-corrected chi connectivity index (χ1v) is 19.2. The summed E-state index contributed by atoms with van der Waals surface area (Å²) < 4.78 is 30.8. The number of methoxy groups -OCH3 is 2. The van der Waals surface area contributed by atoms with Crippen LogP contribution in [0.4, 0.5) is 4.79 Å². The number of amides is 1. The Bertz CT molecular complexity index is 2140. The number of aromatic amines is 1. The smallest absolute Gasteiger partial charge is 0.408 e. The van der Waals surface area contributed by atoms with Gasteiger partial charge < -0.3 is 29.0 Å². The molecular formula is C42H44Cl2N5O7+. The molecule has 56 heavy (non-hydrogen) atoms. The lowest BCUT2D eigenvalue weighted by Crippen LogP contribution is -2.52. The van der Waals surface area contributed by atoms with Crippen molar-refractivity contribution in [3.63, 3.8) is 0 Å². The van der Waals surface area contributed by atoms with Gasteiger partial charge in [0.25, 0.3) is 0 Å². The summed E-state index contributed by atoms with van der Waals surface area (Å²) >= 11 is 13.0. The number of pyridine rings is 1. The van der Waals surface area contributed by atoms with Crippen LogP contribution < -0.4 is 24.5 Å². The number of carbonyl (C=O) groups excluding carboxylic acids is 2. The van der Waals surface area contributed by atoms with E-state index in [4.69, 9.17) is 46.9 Å². The SMILES string of the molecule is COc1ccc([C@H](Cc2c(Cl)c[nH+]cc2Cl)OC(=O)c2cc(COc3cccc([C@@H](NC(=O)O[C@H]4CN5CCC4CC5)c4ccccc4)c3)n(C)n2)cc1OC. The predicted octanol–water partition coefficient (Wildman–Crippen LogP) is 7.19. The van der Waals surface area contributed by atoms with Gasteiger partial charge in [-0.15, -0.1) is 0 Å². The number of aromatic nitrogens is 3. The van der Waals surface area contributed by atoms with Crippen LogP contribution in [0.1, 0.15) is 63.4 Å². The molecule has 3 aromatic carbocycles. The second-order valence-electron chi connectivity index (χ2n) is 13.9. The Kier molecular flexibility index (Phi) is 12.3. The number of esters is 1. The summed E-state index contributed by atoms with van der Waals surface area (Å²) in [5, 5.41) is 8.36. The molecule has 2 bridgehead atoms. The quantitative estimate of drug-likeness (QED) is 0.116. The van der Waals surface area contributed by atoms with E-state index in [1.54, 1.807) is 55.5 Å². The molecule has 0 spiro atoms. The summed E-state index contributed by atoms with van der Waals surface area (Å²) in [5.74, 6) is 1.33. The summed E-state index contributed by atoms with van der Waals surface area (Å²) in [7, 11) is 4.81. The van der Waals surface area contributed by atoms with Gasteiger partial charge in [0, 0.05) is 25.6 Å². The monoisotopic (exact) mass is 800 g/mol. The van der Waals surface area contributed by atoms with E-state index >= 15 is 0 Å². The summed E-state index contributed by atoms with van der Waals surface area (Å²) in [4.78, 5) is 32.3. The molecule has 3 aliphatic rings. The van der Waals surface area contributed by atoms with E-state index in [2.05, 4.69) is 20.3 Å². The fourth-order valence-electron chi connectivity index (χ4n) is 7.35. The van der Waals surface area contributed by atoms with E-state index < -0.39 is 24.2 Å². The second-order valence-corrected chi connectivity index (χ2v) is 14.7. The van der Waals surface area contributed by atoms with Crippen LogP contribution in [0.3, 0.4) is 0 Å². The van der Waals surface area contributed by atoms with Crippen LogP contribution in [0.15, 0.2) is 91.3 Å². The van der Waals surface area contributed by atoms with Crippen LogP contribution in [-0.4, -0.2) is 66.7 Å². The molecule has 14 heteroatoms. The number of hydrogen-bond acceptors (Lipinski definition) is 9. The van der Waals surface area contributed by atoms with Gasteiger partial charge in [0.05, 0.1) is 26.0 Å². The minimum atomic E-state index is -0.803. The first kappa shape index (κ1) is 39.0. The number of carbonyl (C=O) groups is 2. The average Bonchev–Trinajstić information content (AvgIpc) is 3.60. The number of piperidine rings is 3. The van der Waals surface area contributed by atoms with Crippen molar-refractivity contribution < 1.29 is 38.3 Å². The fraction of sp³-hybridized carbons (Fsp3) is 0.333. The number of hydrogen-bond donors (Lipinski definition) is 1. The van der Waals surface area contributed by atoms with Crippen LogP contribution in [0.5, 0.6) is 17.2 Å². The van der Waals surface area contributed by atoms with Gasteiger partial charge in [0.15, 0.2) is 29.6 Å². The highest BCUT2D eigenvalue weighted by Gasteiger charge is 2.37. The number of fused-ring (bicyclic) bond motifs is 3. The van der Waals surface area contributed by atoms with Crippen molar-refractivity contribution in [1.82, 2.24) is 20.0 Å². The molecule has 12 nitrogen and oxygen atoms in total. The maximum atomic E-state index is 13.7. The number of aryl methyl sites for hydroxylation is 1. The van der Waals surface area contributed by atoms with Crippen molar-refractivity contribution in [1.29, 1.82) is 0 Å². The number of H-pyrrole nitrogens is 1. The standard InChI is InChI=1S/C42H43Cl2N5O7/c1-48-30(20-35(47-48)41(50)55-37(21-32-33(43)22-45-23-34(32)44)28-12-13-36(52-2)38(19-28)53-3)25-54-31-11-7-10-29(18-31)40(27-8-5-4-6-9-27)46-42(51)56-39-24-49-16-14-26(39)15-17-49/h4-13,18-20,22-23,26,37,39-40H,14-17,21,24-25H2,1-3H3,(H,46,51)/p+1/t37-,39-,40-/m0/s1. The molecule has 0 saturated carbocycles. The highest BCUT2D eigenvalue weighted by molar-refractivity contribution is 6.35. The Morgan fingerprint density at radius 2 is 1.62 bits per heavy atom. The van der Waals surface area contributed by atoms with E-state index in [1.807, 2.05) is 54.6 Å². The van der Waals surface area contributed by atoms with Crippen LogP contribution in [0, 0.1) is 5.92 Å². The number of benzene rings is 3. The van der Waals surface area contributed by atoms with Gasteiger partial charge in [-0.05, 0) is 78.9 Å². The number of ether oxygens (including phenoxy) is 5. The topological polar surface area (TPSA) is 128 Å². The normalized spacial score (nSPS) is 18.4. The summed E-state index contributed by atoms with van der Waals surface area (Å²) in [5.41, 5.74) is 3.71. The van der Waals surface area contributed by atoms with Gasteiger partial charge in [0.2, 0.25) is 0 Å². The van der Waals surface area contributed by atoms with Gasteiger partial charge in [-0.2, -0.15) is 5.10 Å². The van der Waals surface area contributed by atoms with Gasteiger partial charge in [-0.1, -0.05) is 71.7 Å². The Morgan fingerprint density at radius 1 is 0.893 bits per heavy atom. The minimum absolute atomic E-state index is 0.0961. The summed E-state index contributed by atoms with van der Waals surface area (Å²) in [6.45, 7) is 3.02. The fourth-order valence-corrected chi connectivity index (χ4v) is 7.88. The number of halogens is 2. The molecule has 0 aliphatic carbocycles. The molecule has 292 valence electrons.